The van der Waals surface area contributed by atoms with Gasteiger partial charge < -0.3 is 9.47 Å². The Morgan fingerprint density at radius 2 is 2.00 bits per heavy atom. The SMILES string of the molecule is CCCOc1nc(Cl)nc(Oc2ccc(Br)cc2F)n1. The number of hydrogen-bond acceptors (Lipinski definition) is 5. The van der Waals surface area contributed by atoms with E-state index in [1.807, 2.05) is 6.92 Å². The summed E-state index contributed by atoms with van der Waals surface area (Å²) in [6, 6.07) is 4.27. The zero-order valence-electron chi connectivity index (χ0n) is 10.4. The molecule has 1 heterocycles. The Bertz CT molecular complexity index is 615. The molecule has 20 heavy (non-hydrogen) atoms. The minimum Gasteiger partial charge on any atom is -0.463 e. The van der Waals surface area contributed by atoms with Gasteiger partial charge in [-0.15, -0.1) is 4.98 Å². The summed E-state index contributed by atoms with van der Waals surface area (Å²) in [7, 11) is 0. The van der Waals surface area contributed by atoms with E-state index in [2.05, 4.69) is 30.9 Å². The van der Waals surface area contributed by atoms with Gasteiger partial charge in [-0.2, -0.15) is 9.97 Å². The fourth-order valence-electron chi connectivity index (χ4n) is 1.27. The number of aromatic nitrogens is 3. The molecule has 0 saturated heterocycles. The predicted octanol–water partition coefficient (Wildman–Crippen LogP) is 4.01. The molecule has 0 aliphatic carbocycles. The average Bonchev–Trinajstić information content (AvgIpc) is 2.39. The normalized spacial score (nSPS) is 10.4. The van der Waals surface area contributed by atoms with Gasteiger partial charge in [0.1, 0.15) is 0 Å². The van der Waals surface area contributed by atoms with Gasteiger partial charge in [0.15, 0.2) is 11.6 Å². The molecule has 2 rings (SSSR count). The molecule has 106 valence electrons. The molecule has 0 fully saturated rings. The van der Waals surface area contributed by atoms with Crippen LogP contribution in [0.25, 0.3) is 0 Å². The summed E-state index contributed by atoms with van der Waals surface area (Å²) in [5, 5.41) is -0.0846. The molecule has 8 heteroatoms. The van der Waals surface area contributed by atoms with Gasteiger partial charge in [-0.05, 0) is 36.2 Å². The van der Waals surface area contributed by atoms with Gasteiger partial charge in [-0.1, -0.05) is 22.9 Å². The highest BCUT2D eigenvalue weighted by Crippen LogP contribution is 2.26. The molecule has 0 N–H and O–H groups in total. The van der Waals surface area contributed by atoms with Crippen LogP contribution in [0.2, 0.25) is 5.28 Å². The number of nitrogens with zero attached hydrogens (tertiary/aromatic N) is 3. The summed E-state index contributed by atoms with van der Waals surface area (Å²) < 4.78 is 24.7. The lowest BCUT2D eigenvalue weighted by Gasteiger charge is -2.07. The van der Waals surface area contributed by atoms with Gasteiger partial charge in [0.2, 0.25) is 5.28 Å². The third-order valence-corrected chi connectivity index (χ3v) is 2.76. The van der Waals surface area contributed by atoms with Gasteiger partial charge in [0.05, 0.1) is 6.61 Å². The number of hydrogen-bond donors (Lipinski definition) is 0. The van der Waals surface area contributed by atoms with Crippen LogP contribution in [0.5, 0.6) is 17.8 Å². The van der Waals surface area contributed by atoms with Crippen molar-refractivity contribution in [3.8, 4) is 17.8 Å². The standard InChI is InChI=1S/C12H10BrClFN3O2/c1-2-5-19-11-16-10(14)17-12(18-11)20-9-4-3-7(13)6-8(9)15/h3-4,6H,2,5H2,1H3. The van der Waals surface area contributed by atoms with E-state index in [1.165, 1.54) is 12.1 Å². The van der Waals surface area contributed by atoms with Crippen LogP contribution in [-0.2, 0) is 0 Å². The summed E-state index contributed by atoms with van der Waals surface area (Å²) >= 11 is 8.89. The molecule has 0 aliphatic heterocycles. The third kappa shape index (κ3) is 4.01. The second-order valence-corrected chi connectivity index (χ2v) is 4.95. The predicted molar refractivity (Wildman–Crippen MR) is 74.8 cm³/mol. The second-order valence-electron chi connectivity index (χ2n) is 3.69. The Hall–Kier alpha value is -1.47. The van der Waals surface area contributed by atoms with Crippen molar-refractivity contribution in [2.24, 2.45) is 0 Å². The Labute approximate surface area is 128 Å². The van der Waals surface area contributed by atoms with Crippen molar-refractivity contribution in [2.45, 2.75) is 13.3 Å². The average molecular weight is 363 g/mol. The van der Waals surface area contributed by atoms with Gasteiger partial charge in [0, 0.05) is 4.47 Å². The maximum atomic E-state index is 13.6. The molecular weight excluding hydrogens is 353 g/mol. The zero-order chi connectivity index (χ0) is 14.5. The van der Waals surface area contributed by atoms with E-state index < -0.39 is 5.82 Å². The van der Waals surface area contributed by atoms with E-state index in [4.69, 9.17) is 21.1 Å². The lowest BCUT2D eigenvalue weighted by atomic mass is 10.3. The molecule has 0 bridgehead atoms. The van der Waals surface area contributed by atoms with Crippen molar-refractivity contribution in [1.82, 2.24) is 15.0 Å². The van der Waals surface area contributed by atoms with Gasteiger partial charge in [0.25, 0.3) is 0 Å². The van der Waals surface area contributed by atoms with E-state index in [9.17, 15) is 4.39 Å². The van der Waals surface area contributed by atoms with Crippen molar-refractivity contribution >= 4 is 27.5 Å². The minimum absolute atomic E-state index is 0.0168. The Balaban J connectivity index is 2.21. The first-order valence-electron chi connectivity index (χ1n) is 5.75. The van der Waals surface area contributed by atoms with Crippen molar-refractivity contribution in [1.29, 1.82) is 0 Å². The first-order chi connectivity index (χ1) is 9.58. The van der Waals surface area contributed by atoms with Crippen LogP contribution in [0.15, 0.2) is 22.7 Å². The van der Waals surface area contributed by atoms with Gasteiger partial charge in [-0.25, -0.2) is 4.39 Å². The van der Waals surface area contributed by atoms with E-state index in [1.54, 1.807) is 6.07 Å². The molecule has 0 spiro atoms. The number of benzene rings is 1. The summed E-state index contributed by atoms with van der Waals surface area (Å²) in [4.78, 5) is 11.5. The Morgan fingerprint density at radius 3 is 2.70 bits per heavy atom. The maximum absolute atomic E-state index is 13.6. The maximum Gasteiger partial charge on any atom is 0.329 e. The van der Waals surface area contributed by atoms with Crippen LogP contribution in [-0.4, -0.2) is 21.6 Å². The highest BCUT2D eigenvalue weighted by molar-refractivity contribution is 9.10. The van der Waals surface area contributed by atoms with Crippen LogP contribution < -0.4 is 9.47 Å². The fraction of sp³-hybridized carbons (Fsp3) is 0.250. The smallest absolute Gasteiger partial charge is 0.329 e. The van der Waals surface area contributed by atoms with Crippen LogP contribution in [0.1, 0.15) is 13.3 Å². The first kappa shape index (κ1) is 14.9. The first-order valence-corrected chi connectivity index (χ1v) is 6.93. The zero-order valence-corrected chi connectivity index (χ0v) is 12.8. The van der Waals surface area contributed by atoms with E-state index in [-0.39, 0.29) is 23.1 Å². The third-order valence-electron chi connectivity index (χ3n) is 2.10. The van der Waals surface area contributed by atoms with Crippen LogP contribution in [0.4, 0.5) is 4.39 Å². The number of halogens is 3. The van der Waals surface area contributed by atoms with Crippen molar-refractivity contribution < 1.29 is 13.9 Å². The lowest BCUT2D eigenvalue weighted by Crippen LogP contribution is -2.03. The fourth-order valence-corrected chi connectivity index (χ4v) is 1.75. The Morgan fingerprint density at radius 1 is 1.25 bits per heavy atom. The molecule has 0 radical (unpaired) electrons. The molecular formula is C12H10BrClFN3O2. The van der Waals surface area contributed by atoms with Crippen LogP contribution >= 0.6 is 27.5 Å². The van der Waals surface area contributed by atoms with Crippen LogP contribution in [0.3, 0.4) is 0 Å². The van der Waals surface area contributed by atoms with Crippen molar-refractivity contribution in [3.05, 3.63) is 33.8 Å². The molecule has 0 aliphatic rings. The molecule has 5 nitrogen and oxygen atoms in total. The lowest BCUT2D eigenvalue weighted by molar-refractivity contribution is 0.284. The molecule has 2 aromatic rings. The summed E-state index contributed by atoms with van der Waals surface area (Å²) in [5.41, 5.74) is 0. The molecule has 0 unspecified atom stereocenters. The topological polar surface area (TPSA) is 57.1 Å². The van der Waals surface area contributed by atoms with Crippen molar-refractivity contribution in [3.63, 3.8) is 0 Å². The summed E-state index contributed by atoms with van der Waals surface area (Å²) in [6.45, 7) is 2.38. The minimum atomic E-state index is -0.549. The second kappa shape index (κ2) is 6.81. The summed E-state index contributed by atoms with van der Waals surface area (Å²) in [6.07, 6.45) is 0.792. The number of ether oxygens (including phenoxy) is 2. The molecule has 0 amide bonds. The highest BCUT2D eigenvalue weighted by atomic mass is 79.9. The Kier molecular flexibility index (Phi) is 5.08. The monoisotopic (exact) mass is 361 g/mol. The van der Waals surface area contributed by atoms with Crippen LogP contribution in [0, 0.1) is 5.82 Å². The van der Waals surface area contributed by atoms with Gasteiger partial charge in [-0.3, -0.25) is 0 Å². The number of rotatable bonds is 5. The molecule has 1 aromatic carbocycles. The van der Waals surface area contributed by atoms with E-state index in [0.29, 0.717) is 11.1 Å². The molecule has 1 aromatic heterocycles. The quantitative estimate of drug-likeness (QED) is 0.804. The largest absolute Gasteiger partial charge is 0.463 e. The van der Waals surface area contributed by atoms with E-state index in [0.717, 1.165) is 6.42 Å². The molecule has 0 saturated carbocycles. The van der Waals surface area contributed by atoms with E-state index >= 15 is 0 Å². The van der Waals surface area contributed by atoms with Gasteiger partial charge >= 0.3 is 12.0 Å². The molecule has 0 atom stereocenters. The van der Waals surface area contributed by atoms with Crippen molar-refractivity contribution in [2.75, 3.05) is 6.61 Å². The highest BCUT2D eigenvalue weighted by Gasteiger charge is 2.11. The summed E-state index contributed by atoms with van der Waals surface area (Å²) in [5.74, 6) is -0.566.